The molecule has 1 aliphatic heterocycles. The topological polar surface area (TPSA) is 90.2 Å². The summed E-state index contributed by atoms with van der Waals surface area (Å²) in [7, 11) is 0. The lowest BCUT2D eigenvalue weighted by Gasteiger charge is -2.36. The molecule has 0 saturated carbocycles. The van der Waals surface area contributed by atoms with E-state index in [1.54, 1.807) is 0 Å². The Morgan fingerprint density at radius 2 is 1.45 bits per heavy atom. The van der Waals surface area contributed by atoms with Crippen LogP contribution < -0.4 is 0 Å². The molecule has 5 heteroatoms. The zero-order valence-electron chi connectivity index (χ0n) is 6.08. The van der Waals surface area contributed by atoms with Crippen LogP contribution in [0.2, 0.25) is 0 Å². The highest BCUT2D eigenvalue weighted by Gasteiger charge is 2.40. The van der Waals surface area contributed by atoms with E-state index in [-0.39, 0.29) is 0 Å². The van der Waals surface area contributed by atoms with Crippen LogP contribution in [0.1, 0.15) is 6.92 Å². The van der Waals surface area contributed by atoms with Gasteiger partial charge in [-0.05, 0) is 6.92 Å². The first-order chi connectivity index (χ1) is 5.04. The molecule has 0 spiro atoms. The lowest BCUT2D eigenvalue weighted by Crippen LogP contribution is -2.56. The van der Waals surface area contributed by atoms with E-state index in [1.807, 2.05) is 0 Å². The predicted octanol–water partition coefficient (Wildman–Crippen LogP) is -2.19. The van der Waals surface area contributed by atoms with Gasteiger partial charge in [-0.25, -0.2) is 0 Å². The smallest absolute Gasteiger partial charge is 0.183 e. The number of rotatable bonds is 0. The summed E-state index contributed by atoms with van der Waals surface area (Å²) in [6, 6.07) is 0. The maximum atomic E-state index is 9.09. The third kappa shape index (κ3) is 1.52. The summed E-state index contributed by atoms with van der Waals surface area (Å²) >= 11 is 0. The van der Waals surface area contributed by atoms with Crippen molar-refractivity contribution in [2.45, 2.75) is 37.6 Å². The normalized spacial score (nSPS) is 52.6. The van der Waals surface area contributed by atoms with Gasteiger partial charge in [-0.3, -0.25) is 0 Å². The van der Waals surface area contributed by atoms with Crippen molar-refractivity contribution in [2.24, 2.45) is 0 Å². The van der Waals surface area contributed by atoms with Crippen LogP contribution in [-0.2, 0) is 4.74 Å². The molecule has 0 radical (unpaired) electrons. The molecule has 1 heterocycles. The molecule has 1 aliphatic rings. The maximum absolute atomic E-state index is 9.09. The van der Waals surface area contributed by atoms with E-state index in [2.05, 4.69) is 4.74 Å². The molecule has 0 aromatic carbocycles. The van der Waals surface area contributed by atoms with Crippen LogP contribution in [0.3, 0.4) is 0 Å². The highest BCUT2D eigenvalue weighted by molar-refractivity contribution is 4.86. The van der Waals surface area contributed by atoms with E-state index in [1.165, 1.54) is 6.92 Å². The molecule has 0 aromatic rings. The molecule has 0 bridgehead atoms. The Morgan fingerprint density at radius 3 is 2.00 bits per heavy atom. The largest absolute Gasteiger partial charge is 0.388 e. The van der Waals surface area contributed by atoms with Crippen LogP contribution in [0.25, 0.3) is 0 Å². The van der Waals surface area contributed by atoms with Gasteiger partial charge in [0.25, 0.3) is 0 Å². The molecule has 2 unspecified atom stereocenters. The van der Waals surface area contributed by atoms with Crippen molar-refractivity contribution in [1.82, 2.24) is 0 Å². The minimum Gasteiger partial charge on any atom is -0.388 e. The van der Waals surface area contributed by atoms with Gasteiger partial charge in [-0.1, -0.05) is 0 Å². The van der Waals surface area contributed by atoms with E-state index in [0.29, 0.717) is 0 Å². The summed E-state index contributed by atoms with van der Waals surface area (Å²) in [5.74, 6) is 0. The molecular formula is C6H12O5. The van der Waals surface area contributed by atoms with Gasteiger partial charge in [0, 0.05) is 0 Å². The number of aliphatic hydroxyl groups is 4. The summed E-state index contributed by atoms with van der Waals surface area (Å²) in [6.07, 6.45) is -5.99. The standard InChI is InChI=1S/C6H12O5/c1-2-3(7)4(8)5(9)6(10)11-2/h2-10H,1H3/t2-,3?,4+,5+,6?/m0/s1. The van der Waals surface area contributed by atoms with Crippen LogP contribution in [0.5, 0.6) is 0 Å². The zero-order chi connectivity index (χ0) is 8.59. The fraction of sp³-hybridized carbons (Fsp3) is 1.00. The van der Waals surface area contributed by atoms with Gasteiger partial charge >= 0.3 is 0 Å². The Morgan fingerprint density at radius 1 is 0.909 bits per heavy atom. The first-order valence-electron chi connectivity index (χ1n) is 3.41. The molecule has 5 atom stereocenters. The molecule has 5 nitrogen and oxygen atoms in total. The highest BCUT2D eigenvalue weighted by atomic mass is 16.6. The SMILES string of the molecule is C[C@@H]1OC(O)[C@H](O)[C@H](O)C1O. The summed E-state index contributed by atoms with van der Waals surface area (Å²) < 4.78 is 4.68. The first kappa shape index (κ1) is 8.89. The van der Waals surface area contributed by atoms with Crippen molar-refractivity contribution in [2.75, 3.05) is 0 Å². The Labute approximate surface area is 63.8 Å². The lowest BCUT2D eigenvalue weighted by atomic mass is 10.0. The van der Waals surface area contributed by atoms with Crippen molar-refractivity contribution in [1.29, 1.82) is 0 Å². The molecule has 0 aliphatic carbocycles. The third-order valence-corrected chi connectivity index (χ3v) is 1.83. The molecule has 11 heavy (non-hydrogen) atoms. The molecule has 0 aromatic heterocycles. The van der Waals surface area contributed by atoms with E-state index in [0.717, 1.165) is 0 Å². The monoisotopic (exact) mass is 164 g/mol. The Kier molecular flexibility index (Phi) is 2.46. The molecule has 1 saturated heterocycles. The number of hydrogen-bond donors (Lipinski definition) is 4. The van der Waals surface area contributed by atoms with Crippen molar-refractivity contribution < 1.29 is 25.2 Å². The second kappa shape index (κ2) is 3.04. The fourth-order valence-electron chi connectivity index (χ4n) is 1.03. The Hall–Kier alpha value is -0.200. The van der Waals surface area contributed by atoms with Crippen molar-refractivity contribution in [3.63, 3.8) is 0 Å². The molecule has 4 N–H and O–H groups in total. The predicted molar refractivity (Wildman–Crippen MR) is 34.6 cm³/mol. The molecular weight excluding hydrogens is 152 g/mol. The van der Waals surface area contributed by atoms with Crippen LogP contribution in [0.15, 0.2) is 0 Å². The third-order valence-electron chi connectivity index (χ3n) is 1.83. The van der Waals surface area contributed by atoms with Gasteiger partial charge in [0.05, 0.1) is 6.10 Å². The van der Waals surface area contributed by atoms with E-state index in [9.17, 15) is 0 Å². The summed E-state index contributed by atoms with van der Waals surface area (Å²) in [6.45, 7) is 1.50. The number of ether oxygens (including phenoxy) is 1. The summed E-state index contributed by atoms with van der Waals surface area (Å²) in [5, 5.41) is 36.0. The van der Waals surface area contributed by atoms with Crippen molar-refractivity contribution >= 4 is 0 Å². The minimum atomic E-state index is -1.43. The number of hydrogen-bond acceptors (Lipinski definition) is 5. The average Bonchev–Trinajstić information content (AvgIpc) is 1.97. The molecule has 1 rings (SSSR count). The molecule has 66 valence electrons. The maximum Gasteiger partial charge on any atom is 0.183 e. The van der Waals surface area contributed by atoms with Crippen molar-refractivity contribution in [3.8, 4) is 0 Å². The van der Waals surface area contributed by atoms with Gasteiger partial charge in [-0.15, -0.1) is 0 Å². The van der Waals surface area contributed by atoms with Gasteiger partial charge in [0.15, 0.2) is 6.29 Å². The Bertz CT molecular complexity index is 125. The zero-order valence-corrected chi connectivity index (χ0v) is 6.08. The summed E-state index contributed by atoms with van der Waals surface area (Å²) in [5.41, 5.74) is 0. The van der Waals surface area contributed by atoms with Gasteiger partial charge in [0.1, 0.15) is 18.3 Å². The second-order valence-corrected chi connectivity index (χ2v) is 2.70. The second-order valence-electron chi connectivity index (χ2n) is 2.70. The average molecular weight is 164 g/mol. The van der Waals surface area contributed by atoms with Gasteiger partial charge < -0.3 is 25.2 Å². The molecule has 0 amide bonds. The quantitative estimate of drug-likeness (QED) is 0.326. The van der Waals surface area contributed by atoms with E-state index >= 15 is 0 Å². The van der Waals surface area contributed by atoms with Crippen LogP contribution >= 0.6 is 0 Å². The van der Waals surface area contributed by atoms with Crippen molar-refractivity contribution in [3.05, 3.63) is 0 Å². The van der Waals surface area contributed by atoms with E-state index < -0.39 is 30.7 Å². The van der Waals surface area contributed by atoms with Crippen LogP contribution in [0.4, 0.5) is 0 Å². The lowest BCUT2D eigenvalue weighted by molar-refractivity contribution is -0.277. The van der Waals surface area contributed by atoms with Crippen LogP contribution in [0, 0.1) is 0 Å². The number of aliphatic hydroxyl groups excluding tert-OH is 4. The van der Waals surface area contributed by atoms with Gasteiger partial charge in [0.2, 0.25) is 0 Å². The minimum absolute atomic E-state index is 0.664. The van der Waals surface area contributed by atoms with Crippen LogP contribution in [-0.4, -0.2) is 51.1 Å². The fourth-order valence-corrected chi connectivity index (χ4v) is 1.03. The van der Waals surface area contributed by atoms with E-state index in [4.69, 9.17) is 20.4 Å². The first-order valence-corrected chi connectivity index (χ1v) is 3.41. The molecule has 1 fully saturated rings. The summed E-state index contributed by atoms with van der Waals surface area (Å²) in [4.78, 5) is 0. The Balaban J connectivity index is 2.63. The van der Waals surface area contributed by atoms with Gasteiger partial charge in [-0.2, -0.15) is 0 Å². The highest BCUT2D eigenvalue weighted by Crippen LogP contribution is 2.18.